The first-order valence-electron chi connectivity index (χ1n) is 4.66. The molecule has 74 valence electrons. The van der Waals surface area contributed by atoms with Crippen LogP contribution in [0.1, 0.15) is 12.8 Å². The SMILES string of the molecule is COC(=O)C(N)C1C2CC(O)CC21. The summed E-state index contributed by atoms with van der Waals surface area (Å²) in [6.07, 6.45) is 1.44. The summed E-state index contributed by atoms with van der Waals surface area (Å²) in [7, 11) is 1.36. The Bertz CT molecular complexity index is 219. The van der Waals surface area contributed by atoms with Crippen LogP contribution in [0.4, 0.5) is 0 Å². The maximum Gasteiger partial charge on any atom is 0.322 e. The fraction of sp³-hybridized carbons (Fsp3) is 0.889. The van der Waals surface area contributed by atoms with Crippen LogP contribution in [-0.4, -0.2) is 30.3 Å². The number of hydrogen-bond acceptors (Lipinski definition) is 4. The number of carbonyl (C=O) groups is 1. The van der Waals surface area contributed by atoms with Crippen LogP contribution >= 0.6 is 0 Å². The van der Waals surface area contributed by atoms with Crippen LogP contribution in [-0.2, 0) is 9.53 Å². The molecule has 3 unspecified atom stereocenters. The van der Waals surface area contributed by atoms with Gasteiger partial charge in [0.05, 0.1) is 13.2 Å². The number of ether oxygens (including phenoxy) is 1. The molecular weight excluding hydrogens is 170 g/mol. The van der Waals surface area contributed by atoms with Gasteiger partial charge >= 0.3 is 5.97 Å². The summed E-state index contributed by atoms with van der Waals surface area (Å²) in [5.74, 6) is 0.859. The van der Waals surface area contributed by atoms with E-state index in [0.29, 0.717) is 11.8 Å². The molecule has 0 spiro atoms. The summed E-state index contributed by atoms with van der Waals surface area (Å²) >= 11 is 0. The molecule has 13 heavy (non-hydrogen) atoms. The molecule has 2 saturated carbocycles. The van der Waals surface area contributed by atoms with Crippen molar-refractivity contribution >= 4 is 5.97 Å². The minimum atomic E-state index is -0.479. The Hall–Kier alpha value is -0.610. The second-order valence-electron chi connectivity index (χ2n) is 4.08. The molecule has 0 radical (unpaired) electrons. The number of nitrogens with two attached hydrogens (primary N) is 1. The molecule has 0 aliphatic heterocycles. The van der Waals surface area contributed by atoms with Crippen molar-refractivity contribution in [2.75, 3.05) is 7.11 Å². The first kappa shape index (κ1) is 8.97. The standard InChI is InChI=1S/C9H15NO3/c1-13-9(12)8(10)7-5-2-4(11)3-6(5)7/h4-8,11H,2-3,10H2,1H3. The normalized spacial score (nSPS) is 43.9. The van der Waals surface area contributed by atoms with E-state index in [2.05, 4.69) is 4.74 Å². The van der Waals surface area contributed by atoms with E-state index in [9.17, 15) is 9.90 Å². The van der Waals surface area contributed by atoms with E-state index in [4.69, 9.17) is 5.73 Å². The zero-order valence-corrected chi connectivity index (χ0v) is 7.64. The summed E-state index contributed by atoms with van der Waals surface area (Å²) in [5, 5.41) is 9.27. The molecule has 0 saturated heterocycles. The topological polar surface area (TPSA) is 72.5 Å². The predicted octanol–water partition coefficient (Wildman–Crippen LogP) is -0.496. The predicted molar refractivity (Wildman–Crippen MR) is 45.7 cm³/mol. The molecule has 2 aliphatic rings. The monoisotopic (exact) mass is 185 g/mol. The molecule has 0 aromatic carbocycles. The highest BCUT2D eigenvalue weighted by molar-refractivity contribution is 5.76. The number of aliphatic hydroxyl groups is 1. The van der Waals surface area contributed by atoms with Gasteiger partial charge in [-0.05, 0) is 30.6 Å². The molecule has 0 heterocycles. The fourth-order valence-electron chi connectivity index (χ4n) is 2.69. The minimum absolute atomic E-state index is 0.170. The van der Waals surface area contributed by atoms with Gasteiger partial charge in [-0.2, -0.15) is 0 Å². The molecular formula is C9H15NO3. The van der Waals surface area contributed by atoms with Crippen LogP contribution in [0.2, 0.25) is 0 Å². The first-order valence-corrected chi connectivity index (χ1v) is 4.66. The van der Waals surface area contributed by atoms with E-state index in [-0.39, 0.29) is 18.0 Å². The molecule has 0 aromatic heterocycles. The van der Waals surface area contributed by atoms with Crippen molar-refractivity contribution in [1.29, 1.82) is 0 Å². The van der Waals surface area contributed by atoms with E-state index in [1.54, 1.807) is 0 Å². The minimum Gasteiger partial charge on any atom is -0.468 e. The van der Waals surface area contributed by atoms with Crippen LogP contribution in [0.25, 0.3) is 0 Å². The summed E-state index contributed by atoms with van der Waals surface area (Å²) in [6.45, 7) is 0. The number of carbonyl (C=O) groups excluding carboxylic acids is 1. The molecule has 2 rings (SSSR count). The van der Waals surface area contributed by atoms with Gasteiger partial charge in [-0.15, -0.1) is 0 Å². The van der Waals surface area contributed by atoms with Crippen molar-refractivity contribution in [1.82, 2.24) is 0 Å². The van der Waals surface area contributed by atoms with E-state index < -0.39 is 6.04 Å². The van der Waals surface area contributed by atoms with Crippen LogP contribution in [0.15, 0.2) is 0 Å². The zero-order valence-electron chi connectivity index (χ0n) is 7.64. The Labute approximate surface area is 77.1 Å². The fourth-order valence-corrected chi connectivity index (χ4v) is 2.69. The van der Waals surface area contributed by atoms with Gasteiger partial charge in [0.2, 0.25) is 0 Å². The van der Waals surface area contributed by atoms with Gasteiger partial charge in [-0.3, -0.25) is 4.79 Å². The lowest BCUT2D eigenvalue weighted by atomic mass is 10.0. The van der Waals surface area contributed by atoms with Crippen molar-refractivity contribution < 1.29 is 14.6 Å². The van der Waals surface area contributed by atoms with Crippen LogP contribution in [0, 0.1) is 17.8 Å². The van der Waals surface area contributed by atoms with Crippen molar-refractivity contribution in [2.45, 2.75) is 25.0 Å². The Morgan fingerprint density at radius 3 is 2.54 bits per heavy atom. The lowest BCUT2D eigenvalue weighted by Crippen LogP contribution is -2.35. The Morgan fingerprint density at radius 2 is 2.08 bits per heavy atom. The van der Waals surface area contributed by atoms with Crippen LogP contribution in [0.5, 0.6) is 0 Å². The first-order chi connectivity index (χ1) is 6.15. The highest BCUT2D eigenvalue weighted by Crippen LogP contribution is 2.58. The molecule has 0 bridgehead atoms. The maximum atomic E-state index is 11.1. The van der Waals surface area contributed by atoms with Crippen molar-refractivity contribution in [3.05, 3.63) is 0 Å². The number of methoxy groups -OCH3 is 1. The van der Waals surface area contributed by atoms with Crippen molar-refractivity contribution in [3.8, 4) is 0 Å². The summed E-state index contributed by atoms with van der Waals surface area (Å²) in [6, 6.07) is -0.479. The van der Waals surface area contributed by atoms with Gasteiger partial charge in [0.25, 0.3) is 0 Å². The third kappa shape index (κ3) is 1.34. The van der Waals surface area contributed by atoms with Gasteiger partial charge < -0.3 is 15.6 Å². The third-order valence-electron chi connectivity index (χ3n) is 3.37. The summed E-state index contributed by atoms with van der Waals surface area (Å²) < 4.78 is 4.58. The number of esters is 1. The zero-order chi connectivity index (χ0) is 9.59. The number of hydrogen-bond donors (Lipinski definition) is 2. The Kier molecular flexibility index (Phi) is 2.04. The van der Waals surface area contributed by atoms with Crippen LogP contribution < -0.4 is 5.73 Å². The lowest BCUT2D eigenvalue weighted by molar-refractivity contribution is -0.143. The molecule has 4 nitrogen and oxygen atoms in total. The lowest BCUT2D eigenvalue weighted by Gasteiger charge is -2.12. The van der Waals surface area contributed by atoms with Crippen molar-refractivity contribution in [3.63, 3.8) is 0 Å². The van der Waals surface area contributed by atoms with E-state index in [1.165, 1.54) is 7.11 Å². The molecule has 3 atom stereocenters. The summed E-state index contributed by atoms with van der Waals surface area (Å²) in [4.78, 5) is 11.1. The van der Waals surface area contributed by atoms with E-state index in [1.807, 2.05) is 0 Å². The number of fused-ring (bicyclic) bond motifs is 1. The van der Waals surface area contributed by atoms with E-state index in [0.717, 1.165) is 12.8 Å². The third-order valence-corrected chi connectivity index (χ3v) is 3.37. The molecule has 3 N–H and O–H groups in total. The molecule has 0 amide bonds. The number of aliphatic hydroxyl groups excluding tert-OH is 1. The van der Waals surface area contributed by atoms with Gasteiger partial charge in [0.1, 0.15) is 6.04 Å². The average molecular weight is 185 g/mol. The number of rotatable bonds is 2. The second-order valence-corrected chi connectivity index (χ2v) is 4.08. The molecule has 4 heteroatoms. The quantitative estimate of drug-likeness (QED) is 0.569. The Morgan fingerprint density at radius 1 is 1.54 bits per heavy atom. The molecule has 0 aromatic rings. The van der Waals surface area contributed by atoms with Gasteiger partial charge in [0.15, 0.2) is 0 Å². The maximum absolute atomic E-state index is 11.1. The smallest absolute Gasteiger partial charge is 0.322 e. The van der Waals surface area contributed by atoms with Gasteiger partial charge in [-0.1, -0.05) is 0 Å². The highest BCUT2D eigenvalue weighted by atomic mass is 16.5. The largest absolute Gasteiger partial charge is 0.468 e. The highest BCUT2D eigenvalue weighted by Gasteiger charge is 2.59. The average Bonchev–Trinajstić information content (AvgIpc) is 2.62. The second kappa shape index (κ2) is 2.96. The molecule has 2 fully saturated rings. The van der Waals surface area contributed by atoms with Crippen molar-refractivity contribution in [2.24, 2.45) is 23.5 Å². The van der Waals surface area contributed by atoms with E-state index >= 15 is 0 Å². The molecule has 2 aliphatic carbocycles. The Balaban J connectivity index is 1.90. The summed E-state index contributed by atoms with van der Waals surface area (Å²) in [5.41, 5.74) is 5.71. The van der Waals surface area contributed by atoms with Crippen LogP contribution in [0.3, 0.4) is 0 Å². The van der Waals surface area contributed by atoms with Gasteiger partial charge in [-0.25, -0.2) is 0 Å². The van der Waals surface area contributed by atoms with Gasteiger partial charge in [0, 0.05) is 0 Å².